The van der Waals surface area contributed by atoms with Crippen molar-refractivity contribution in [3.63, 3.8) is 0 Å². The lowest BCUT2D eigenvalue weighted by atomic mass is 10.2. The second kappa shape index (κ2) is 10.3. The number of hydrogen-bond acceptors (Lipinski definition) is 4. The van der Waals surface area contributed by atoms with E-state index in [-0.39, 0.29) is 0 Å². The van der Waals surface area contributed by atoms with Gasteiger partial charge in [-0.2, -0.15) is 11.8 Å². The fourth-order valence-corrected chi connectivity index (χ4v) is 2.64. The van der Waals surface area contributed by atoms with Crippen molar-refractivity contribution >= 4 is 17.7 Å². The molecule has 118 valence electrons. The molecule has 0 saturated carbocycles. The molecule has 0 aromatic carbocycles. The summed E-state index contributed by atoms with van der Waals surface area (Å²) in [5, 5.41) is 6.66. The molecule has 20 heavy (non-hydrogen) atoms. The number of morpholine rings is 1. The SMILES string of the molecule is CCNC(=NCC(C)N1CCOCC1C)NCCSC. The Hall–Kier alpha value is -0.460. The third-order valence-electron chi connectivity index (χ3n) is 3.44. The maximum absolute atomic E-state index is 5.49. The molecule has 6 heteroatoms. The topological polar surface area (TPSA) is 48.9 Å². The average molecular weight is 302 g/mol. The first kappa shape index (κ1) is 17.6. The second-order valence-corrected chi connectivity index (χ2v) is 6.14. The van der Waals surface area contributed by atoms with Gasteiger partial charge in [-0.15, -0.1) is 0 Å². The van der Waals surface area contributed by atoms with Gasteiger partial charge in [-0.3, -0.25) is 9.89 Å². The number of guanidine groups is 1. The molecule has 0 bridgehead atoms. The number of rotatable bonds is 7. The zero-order valence-corrected chi connectivity index (χ0v) is 14.1. The first-order valence-corrected chi connectivity index (χ1v) is 8.93. The number of aliphatic imine (C=N–C) groups is 1. The van der Waals surface area contributed by atoms with Crippen LogP contribution in [0.2, 0.25) is 0 Å². The average Bonchev–Trinajstić information content (AvgIpc) is 2.45. The van der Waals surface area contributed by atoms with E-state index in [1.165, 1.54) is 0 Å². The maximum atomic E-state index is 5.49. The standard InChI is InChI=1S/C14H30N4OS/c1-5-15-14(16-6-9-20-4)17-10-12(2)18-7-8-19-11-13(18)3/h12-13H,5-11H2,1-4H3,(H2,15,16,17). The van der Waals surface area contributed by atoms with Gasteiger partial charge >= 0.3 is 0 Å². The molecule has 1 aliphatic heterocycles. The Morgan fingerprint density at radius 2 is 2.30 bits per heavy atom. The molecule has 0 amide bonds. The van der Waals surface area contributed by atoms with Crippen molar-refractivity contribution in [1.29, 1.82) is 0 Å². The minimum atomic E-state index is 0.449. The lowest BCUT2D eigenvalue weighted by molar-refractivity contribution is -0.0165. The third kappa shape index (κ3) is 6.33. The van der Waals surface area contributed by atoms with E-state index in [1.807, 2.05) is 11.8 Å². The van der Waals surface area contributed by atoms with Gasteiger partial charge in [0.1, 0.15) is 0 Å². The van der Waals surface area contributed by atoms with Crippen LogP contribution in [0.3, 0.4) is 0 Å². The Labute approximate surface area is 127 Å². The molecule has 2 atom stereocenters. The molecular weight excluding hydrogens is 272 g/mol. The predicted octanol–water partition coefficient (Wildman–Crippen LogP) is 1.01. The van der Waals surface area contributed by atoms with E-state index >= 15 is 0 Å². The van der Waals surface area contributed by atoms with Crippen LogP contribution in [0.5, 0.6) is 0 Å². The monoisotopic (exact) mass is 302 g/mol. The summed E-state index contributed by atoms with van der Waals surface area (Å²) in [6, 6.07) is 0.936. The van der Waals surface area contributed by atoms with Gasteiger partial charge in [0.05, 0.1) is 19.8 Å². The van der Waals surface area contributed by atoms with E-state index in [4.69, 9.17) is 9.73 Å². The van der Waals surface area contributed by atoms with Crippen molar-refractivity contribution in [3.05, 3.63) is 0 Å². The highest BCUT2D eigenvalue weighted by atomic mass is 32.2. The smallest absolute Gasteiger partial charge is 0.191 e. The summed E-state index contributed by atoms with van der Waals surface area (Å²) in [5.41, 5.74) is 0. The highest BCUT2D eigenvalue weighted by molar-refractivity contribution is 7.98. The van der Waals surface area contributed by atoms with Crippen molar-refractivity contribution in [2.24, 2.45) is 4.99 Å². The number of nitrogens with one attached hydrogen (secondary N) is 2. The summed E-state index contributed by atoms with van der Waals surface area (Å²) in [7, 11) is 0. The molecule has 1 aliphatic rings. The number of ether oxygens (including phenoxy) is 1. The van der Waals surface area contributed by atoms with Crippen molar-refractivity contribution in [1.82, 2.24) is 15.5 Å². The molecule has 0 radical (unpaired) electrons. The van der Waals surface area contributed by atoms with Gasteiger partial charge in [-0.05, 0) is 27.0 Å². The van der Waals surface area contributed by atoms with Crippen molar-refractivity contribution < 1.29 is 4.74 Å². The molecule has 0 aromatic heterocycles. The Kier molecular flexibility index (Phi) is 9.05. The second-order valence-electron chi connectivity index (χ2n) is 5.15. The van der Waals surface area contributed by atoms with E-state index in [1.54, 1.807) is 0 Å². The van der Waals surface area contributed by atoms with Crippen molar-refractivity contribution in [3.8, 4) is 0 Å². The van der Waals surface area contributed by atoms with Crippen LogP contribution in [-0.4, -0.2) is 74.3 Å². The van der Waals surface area contributed by atoms with Crippen LogP contribution in [0.15, 0.2) is 4.99 Å². The van der Waals surface area contributed by atoms with Gasteiger partial charge in [0.15, 0.2) is 5.96 Å². The van der Waals surface area contributed by atoms with Gasteiger partial charge in [0.2, 0.25) is 0 Å². The Morgan fingerprint density at radius 3 is 2.95 bits per heavy atom. The van der Waals surface area contributed by atoms with Crippen LogP contribution in [0, 0.1) is 0 Å². The maximum Gasteiger partial charge on any atom is 0.191 e. The van der Waals surface area contributed by atoms with Crippen LogP contribution in [0.4, 0.5) is 0 Å². The minimum absolute atomic E-state index is 0.449. The summed E-state index contributed by atoms with van der Waals surface area (Å²) < 4.78 is 5.49. The highest BCUT2D eigenvalue weighted by Crippen LogP contribution is 2.10. The summed E-state index contributed by atoms with van der Waals surface area (Å²) in [6.07, 6.45) is 2.12. The van der Waals surface area contributed by atoms with Crippen molar-refractivity contribution in [2.45, 2.75) is 32.9 Å². The molecule has 0 spiro atoms. The molecule has 2 unspecified atom stereocenters. The molecular formula is C14H30N4OS. The zero-order chi connectivity index (χ0) is 14.8. The van der Waals surface area contributed by atoms with Crippen molar-refractivity contribution in [2.75, 3.05) is 51.4 Å². The molecule has 0 aromatic rings. The lowest BCUT2D eigenvalue weighted by Crippen LogP contribution is -2.49. The predicted molar refractivity (Wildman–Crippen MR) is 88.8 cm³/mol. The lowest BCUT2D eigenvalue weighted by Gasteiger charge is -2.37. The highest BCUT2D eigenvalue weighted by Gasteiger charge is 2.23. The zero-order valence-electron chi connectivity index (χ0n) is 13.3. The molecule has 1 rings (SSSR count). The van der Waals surface area contributed by atoms with E-state index in [9.17, 15) is 0 Å². The first-order chi connectivity index (χ1) is 9.69. The van der Waals surface area contributed by atoms with E-state index in [2.05, 4.69) is 42.6 Å². The van der Waals surface area contributed by atoms with Gasteiger partial charge in [0, 0.05) is 37.5 Å². The molecule has 5 nitrogen and oxygen atoms in total. The van der Waals surface area contributed by atoms with E-state index in [0.717, 1.165) is 51.1 Å². The normalized spacial score (nSPS) is 22.6. The Balaban J connectivity index is 2.43. The van der Waals surface area contributed by atoms with Gasteiger partial charge in [0.25, 0.3) is 0 Å². The summed E-state index contributed by atoms with van der Waals surface area (Å²) >= 11 is 1.84. The minimum Gasteiger partial charge on any atom is -0.379 e. The van der Waals surface area contributed by atoms with Crippen LogP contribution in [-0.2, 0) is 4.74 Å². The summed E-state index contributed by atoms with van der Waals surface area (Å²) in [6.45, 7) is 11.9. The van der Waals surface area contributed by atoms with Gasteiger partial charge < -0.3 is 15.4 Å². The molecule has 1 saturated heterocycles. The molecule has 1 fully saturated rings. The fourth-order valence-electron chi connectivity index (χ4n) is 2.34. The molecule has 1 heterocycles. The molecule has 2 N–H and O–H groups in total. The van der Waals surface area contributed by atoms with Crippen LogP contribution in [0.1, 0.15) is 20.8 Å². The number of hydrogen-bond donors (Lipinski definition) is 2. The van der Waals surface area contributed by atoms with Crippen LogP contribution in [0.25, 0.3) is 0 Å². The van der Waals surface area contributed by atoms with Gasteiger partial charge in [-0.25, -0.2) is 0 Å². The van der Waals surface area contributed by atoms with Gasteiger partial charge in [-0.1, -0.05) is 0 Å². The summed E-state index contributed by atoms with van der Waals surface area (Å²) in [4.78, 5) is 7.18. The van der Waals surface area contributed by atoms with E-state index in [0.29, 0.717) is 12.1 Å². The molecule has 0 aliphatic carbocycles. The van der Waals surface area contributed by atoms with Crippen LogP contribution < -0.4 is 10.6 Å². The summed E-state index contributed by atoms with van der Waals surface area (Å²) in [5.74, 6) is 2.02. The quantitative estimate of drug-likeness (QED) is 0.418. The Morgan fingerprint density at radius 1 is 1.50 bits per heavy atom. The number of thioether (sulfide) groups is 1. The van der Waals surface area contributed by atoms with Crippen LogP contribution >= 0.6 is 11.8 Å². The van der Waals surface area contributed by atoms with E-state index < -0.39 is 0 Å². The Bertz CT molecular complexity index is 288. The number of nitrogens with zero attached hydrogens (tertiary/aromatic N) is 2. The first-order valence-electron chi connectivity index (χ1n) is 7.53. The fraction of sp³-hybridized carbons (Fsp3) is 0.929. The largest absolute Gasteiger partial charge is 0.379 e. The third-order valence-corrected chi connectivity index (χ3v) is 4.05.